The molecule has 0 fully saturated rings. The van der Waals surface area contributed by atoms with E-state index in [0.717, 1.165) is 19.3 Å². The summed E-state index contributed by atoms with van der Waals surface area (Å²) in [6.45, 7) is 4.42. The van der Waals surface area contributed by atoms with Crippen molar-refractivity contribution in [2.45, 2.75) is 44.8 Å². The van der Waals surface area contributed by atoms with Crippen LogP contribution in [0.5, 0.6) is 0 Å². The first-order valence-electron chi connectivity index (χ1n) is 7.38. The van der Waals surface area contributed by atoms with Crippen LogP contribution in [0.2, 0.25) is 0 Å². The van der Waals surface area contributed by atoms with E-state index in [1.54, 1.807) is 0 Å². The average molecular weight is 291 g/mol. The molecule has 1 aromatic carbocycles. The van der Waals surface area contributed by atoms with Gasteiger partial charge in [0.05, 0.1) is 5.60 Å². The van der Waals surface area contributed by atoms with Gasteiger partial charge in [-0.15, -0.1) is 11.3 Å². The van der Waals surface area contributed by atoms with E-state index in [1.165, 1.54) is 15.6 Å². The Labute approximate surface area is 126 Å². The molecule has 1 aromatic heterocycles. The van der Waals surface area contributed by atoms with Crippen LogP contribution in [0.25, 0.3) is 10.1 Å². The molecular formula is C17H25NOS. The predicted octanol–water partition coefficient (Wildman–Crippen LogP) is 4.24. The number of benzene rings is 1. The fourth-order valence-corrected chi connectivity index (χ4v) is 4.11. The Morgan fingerprint density at radius 3 is 2.55 bits per heavy atom. The van der Waals surface area contributed by atoms with Crippen molar-refractivity contribution in [2.24, 2.45) is 0 Å². The normalized spacial score (nSPS) is 13.8. The summed E-state index contributed by atoms with van der Waals surface area (Å²) in [5.41, 5.74) is 1.34. The van der Waals surface area contributed by atoms with E-state index in [0.29, 0.717) is 6.04 Å². The van der Waals surface area contributed by atoms with Crippen molar-refractivity contribution in [3.8, 4) is 0 Å². The number of ether oxygens (including phenoxy) is 1. The van der Waals surface area contributed by atoms with E-state index >= 15 is 0 Å². The zero-order chi connectivity index (χ0) is 14.6. The predicted molar refractivity (Wildman–Crippen MR) is 88.7 cm³/mol. The van der Waals surface area contributed by atoms with Gasteiger partial charge in [0, 0.05) is 17.9 Å². The third-order valence-electron chi connectivity index (χ3n) is 4.57. The van der Waals surface area contributed by atoms with E-state index in [1.807, 2.05) is 25.5 Å². The number of fused-ring (bicyclic) bond motifs is 1. The van der Waals surface area contributed by atoms with Crippen molar-refractivity contribution < 1.29 is 4.74 Å². The minimum absolute atomic E-state index is 0.0855. The van der Waals surface area contributed by atoms with Gasteiger partial charge >= 0.3 is 0 Å². The van der Waals surface area contributed by atoms with E-state index in [-0.39, 0.29) is 5.60 Å². The van der Waals surface area contributed by atoms with Gasteiger partial charge in [0.25, 0.3) is 0 Å². The lowest BCUT2D eigenvalue weighted by Gasteiger charge is -2.38. The Morgan fingerprint density at radius 1 is 1.25 bits per heavy atom. The first-order chi connectivity index (χ1) is 9.70. The van der Waals surface area contributed by atoms with Crippen molar-refractivity contribution >= 4 is 21.4 Å². The first kappa shape index (κ1) is 15.5. The highest BCUT2D eigenvalue weighted by Crippen LogP contribution is 2.31. The maximum Gasteiger partial charge on any atom is 0.0828 e. The lowest BCUT2D eigenvalue weighted by atomic mass is 9.84. The monoisotopic (exact) mass is 291 g/mol. The van der Waals surface area contributed by atoms with Gasteiger partial charge in [-0.25, -0.2) is 0 Å². The molecule has 1 N–H and O–H groups in total. The van der Waals surface area contributed by atoms with Crippen LogP contribution in [0, 0.1) is 0 Å². The Kier molecular flexibility index (Phi) is 5.19. The van der Waals surface area contributed by atoms with Crippen molar-refractivity contribution in [3.63, 3.8) is 0 Å². The average Bonchev–Trinajstić information content (AvgIpc) is 2.91. The molecule has 20 heavy (non-hydrogen) atoms. The molecule has 0 saturated heterocycles. The van der Waals surface area contributed by atoms with Crippen LogP contribution in [-0.2, 0) is 11.2 Å². The molecule has 0 aliphatic carbocycles. The molecule has 0 saturated carbocycles. The van der Waals surface area contributed by atoms with Gasteiger partial charge in [-0.05, 0) is 48.7 Å². The second-order valence-electron chi connectivity index (χ2n) is 5.28. The minimum Gasteiger partial charge on any atom is -0.377 e. The Morgan fingerprint density at radius 2 is 1.95 bits per heavy atom. The number of nitrogens with one attached hydrogen (secondary N) is 1. The van der Waals surface area contributed by atoms with E-state index < -0.39 is 0 Å². The number of methoxy groups -OCH3 is 1. The molecule has 1 unspecified atom stereocenters. The lowest BCUT2D eigenvalue weighted by molar-refractivity contribution is -0.0453. The van der Waals surface area contributed by atoms with Crippen LogP contribution in [0.1, 0.15) is 32.3 Å². The largest absolute Gasteiger partial charge is 0.377 e. The third kappa shape index (κ3) is 2.76. The zero-order valence-electron chi connectivity index (χ0n) is 12.9. The van der Waals surface area contributed by atoms with Gasteiger partial charge in [-0.3, -0.25) is 0 Å². The molecule has 1 heterocycles. The van der Waals surface area contributed by atoms with E-state index in [4.69, 9.17) is 4.74 Å². The molecule has 2 rings (SSSR count). The second kappa shape index (κ2) is 6.70. The second-order valence-corrected chi connectivity index (χ2v) is 6.19. The quantitative estimate of drug-likeness (QED) is 0.824. The summed E-state index contributed by atoms with van der Waals surface area (Å²) >= 11 is 1.83. The highest BCUT2D eigenvalue weighted by atomic mass is 32.1. The van der Waals surface area contributed by atoms with Gasteiger partial charge in [0.15, 0.2) is 0 Å². The van der Waals surface area contributed by atoms with Gasteiger partial charge < -0.3 is 10.1 Å². The van der Waals surface area contributed by atoms with Crippen LogP contribution in [0.3, 0.4) is 0 Å². The highest BCUT2D eigenvalue weighted by molar-refractivity contribution is 7.17. The van der Waals surface area contributed by atoms with Gasteiger partial charge in [-0.1, -0.05) is 32.0 Å². The standard InChI is InChI=1S/C17H25NOS/c1-5-17(6-2,19-4)16(18-3)11-13-12-20-15-10-8-7-9-14(13)15/h7-10,12,16,18H,5-6,11H2,1-4H3. The van der Waals surface area contributed by atoms with Crippen molar-refractivity contribution in [2.75, 3.05) is 14.2 Å². The molecule has 110 valence electrons. The third-order valence-corrected chi connectivity index (χ3v) is 5.58. The molecule has 1 atom stereocenters. The zero-order valence-corrected chi connectivity index (χ0v) is 13.7. The van der Waals surface area contributed by atoms with Gasteiger partial charge in [0.2, 0.25) is 0 Å². The van der Waals surface area contributed by atoms with Gasteiger partial charge in [-0.2, -0.15) is 0 Å². The Hall–Kier alpha value is -0.900. The Balaban J connectivity index is 2.30. The van der Waals surface area contributed by atoms with E-state index in [9.17, 15) is 0 Å². The smallest absolute Gasteiger partial charge is 0.0828 e. The highest BCUT2D eigenvalue weighted by Gasteiger charge is 2.35. The SMILES string of the molecule is CCC(CC)(OC)C(Cc1csc2ccccc12)NC. The number of hydrogen-bond donors (Lipinski definition) is 1. The number of hydrogen-bond acceptors (Lipinski definition) is 3. The molecule has 2 aromatic rings. The number of thiophene rings is 1. The van der Waals surface area contributed by atoms with Gasteiger partial charge in [0.1, 0.15) is 0 Å². The van der Waals surface area contributed by atoms with Crippen molar-refractivity contribution in [1.29, 1.82) is 0 Å². The molecule has 0 radical (unpaired) electrons. The fourth-order valence-electron chi connectivity index (χ4n) is 3.14. The van der Waals surface area contributed by atoms with Crippen molar-refractivity contribution in [1.82, 2.24) is 5.32 Å². The summed E-state index contributed by atoms with van der Waals surface area (Å²) in [6.07, 6.45) is 3.05. The molecule has 0 aliphatic rings. The summed E-state index contributed by atoms with van der Waals surface area (Å²) in [5, 5.41) is 7.15. The fraction of sp³-hybridized carbons (Fsp3) is 0.529. The van der Waals surface area contributed by atoms with Crippen LogP contribution in [0.4, 0.5) is 0 Å². The van der Waals surface area contributed by atoms with E-state index in [2.05, 4.69) is 48.8 Å². The molecule has 3 heteroatoms. The maximum atomic E-state index is 5.89. The molecule has 0 amide bonds. The summed E-state index contributed by atoms with van der Waals surface area (Å²) in [5.74, 6) is 0. The van der Waals surface area contributed by atoms with Crippen LogP contribution in [0.15, 0.2) is 29.6 Å². The Bertz CT molecular complexity index is 536. The maximum absolute atomic E-state index is 5.89. The summed E-state index contributed by atoms with van der Waals surface area (Å²) in [6, 6.07) is 8.98. The van der Waals surface area contributed by atoms with Crippen LogP contribution >= 0.6 is 11.3 Å². The van der Waals surface area contributed by atoms with Crippen LogP contribution < -0.4 is 5.32 Å². The molecular weight excluding hydrogens is 266 g/mol. The summed E-state index contributed by atoms with van der Waals surface area (Å²) in [7, 11) is 3.88. The topological polar surface area (TPSA) is 21.3 Å². The minimum atomic E-state index is -0.0855. The van der Waals surface area contributed by atoms with Crippen molar-refractivity contribution in [3.05, 3.63) is 35.2 Å². The molecule has 2 nitrogen and oxygen atoms in total. The number of rotatable bonds is 7. The first-order valence-corrected chi connectivity index (χ1v) is 8.26. The lowest BCUT2D eigenvalue weighted by Crippen LogP contribution is -2.51. The molecule has 0 spiro atoms. The summed E-state index contributed by atoms with van der Waals surface area (Å²) < 4.78 is 7.26. The summed E-state index contributed by atoms with van der Waals surface area (Å²) in [4.78, 5) is 0. The molecule has 0 bridgehead atoms. The van der Waals surface area contributed by atoms with Crippen LogP contribution in [-0.4, -0.2) is 25.8 Å². The molecule has 0 aliphatic heterocycles. The number of likely N-dealkylation sites (N-methyl/N-ethyl adjacent to an activating group) is 1.